The number of tetrazole rings is 1. The lowest BCUT2D eigenvalue weighted by molar-refractivity contribution is -0.140. The molecule has 122 valence electrons. The highest BCUT2D eigenvalue weighted by Gasteiger charge is 2.27. The average Bonchev–Trinajstić information content (AvgIpc) is 2.96. The molecule has 0 radical (unpaired) electrons. The lowest BCUT2D eigenvalue weighted by atomic mass is 10.3. The number of para-hydroxylation sites is 1. The number of benzene rings is 1. The van der Waals surface area contributed by atoms with E-state index in [0.717, 1.165) is 18.0 Å². The largest absolute Gasteiger partial charge is 0.468 e. The quantitative estimate of drug-likeness (QED) is 0.608. The fourth-order valence-electron chi connectivity index (χ4n) is 2.39. The lowest BCUT2D eigenvalue weighted by Gasteiger charge is -2.30. The van der Waals surface area contributed by atoms with Crippen LogP contribution in [0.2, 0.25) is 0 Å². The van der Waals surface area contributed by atoms with Gasteiger partial charge >= 0.3 is 5.97 Å². The minimum atomic E-state index is -0.184. The lowest BCUT2D eigenvalue weighted by Crippen LogP contribution is -2.42. The highest BCUT2D eigenvalue weighted by atomic mass is 32.2. The zero-order valence-corrected chi connectivity index (χ0v) is 14.3. The maximum Gasteiger partial charge on any atom is 0.320 e. The maximum absolute atomic E-state index is 11.7. The molecule has 1 aliphatic rings. The molecule has 1 aliphatic heterocycles. The first-order chi connectivity index (χ1) is 11.2. The molecule has 0 unspecified atom stereocenters. The summed E-state index contributed by atoms with van der Waals surface area (Å²) in [5.74, 6) is 0.691. The van der Waals surface area contributed by atoms with Crippen molar-refractivity contribution in [3.63, 3.8) is 0 Å². The molecule has 0 saturated carbocycles. The molecule has 1 saturated heterocycles. The van der Waals surface area contributed by atoms with E-state index in [2.05, 4.69) is 15.3 Å². The van der Waals surface area contributed by atoms with Gasteiger partial charge < -0.3 is 4.74 Å². The molecule has 1 aromatic heterocycles. The first-order valence-electron chi connectivity index (χ1n) is 7.19. The normalized spacial score (nSPS) is 18.7. The molecule has 9 heteroatoms. The number of carbonyl (C=O) groups excluding carboxylic acids is 1. The minimum absolute atomic E-state index is 0.160. The van der Waals surface area contributed by atoms with Crippen LogP contribution in [0.5, 0.6) is 0 Å². The second kappa shape index (κ2) is 7.24. The Morgan fingerprint density at radius 3 is 2.91 bits per heavy atom. The summed E-state index contributed by atoms with van der Waals surface area (Å²) >= 11 is 7.08. The topological polar surface area (TPSA) is 65.2 Å². The molecule has 7 nitrogen and oxygen atoms in total. The van der Waals surface area contributed by atoms with Crippen LogP contribution >= 0.6 is 24.0 Å². The molecule has 3 rings (SSSR count). The minimum Gasteiger partial charge on any atom is -0.468 e. The van der Waals surface area contributed by atoms with Gasteiger partial charge in [0, 0.05) is 18.8 Å². The Kier molecular flexibility index (Phi) is 5.09. The summed E-state index contributed by atoms with van der Waals surface area (Å²) in [6.07, 6.45) is 0. The number of hydrogen-bond acceptors (Lipinski definition) is 7. The number of aromatic nitrogens is 4. The van der Waals surface area contributed by atoms with Crippen LogP contribution in [0.15, 0.2) is 30.3 Å². The van der Waals surface area contributed by atoms with Gasteiger partial charge in [0.15, 0.2) is 0 Å². The summed E-state index contributed by atoms with van der Waals surface area (Å²) < 4.78 is 8.66. The van der Waals surface area contributed by atoms with Crippen LogP contribution in [0.4, 0.5) is 0 Å². The van der Waals surface area contributed by atoms with Crippen molar-refractivity contribution in [3.8, 4) is 5.69 Å². The van der Waals surface area contributed by atoms with Crippen LogP contribution < -0.4 is 0 Å². The van der Waals surface area contributed by atoms with E-state index in [1.165, 1.54) is 7.11 Å². The Balaban J connectivity index is 1.73. The first-order valence-corrected chi connectivity index (χ1v) is 8.65. The monoisotopic (exact) mass is 351 g/mol. The van der Waals surface area contributed by atoms with Crippen molar-refractivity contribution in [1.82, 2.24) is 24.7 Å². The van der Waals surface area contributed by atoms with Gasteiger partial charge in [0.1, 0.15) is 5.25 Å². The second-order valence-corrected chi connectivity index (χ2v) is 6.79. The number of carbonyl (C=O) groups is 1. The number of nitrogens with zero attached hydrogens (tertiary/aromatic N) is 5. The molecule has 1 atom stereocenters. The molecule has 23 heavy (non-hydrogen) atoms. The molecule has 1 fully saturated rings. The molecule has 0 N–H and O–H groups in total. The number of esters is 1. The average molecular weight is 351 g/mol. The zero-order valence-electron chi connectivity index (χ0n) is 12.7. The molecular formula is C14H17N5O2S2. The van der Waals surface area contributed by atoms with Gasteiger partial charge in [0.05, 0.1) is 19.5 Å². The number of thioether (sulfide) groups is 1. The van der Waals surface area contributed by atoms with Crippen molar-refractivity contribution in [3.05, 3.63) is 35.1 Å². The molecule has 1 aromatic carbocycles. The second-order valence-electron chi connectivity index (χ2n) is 5.11. The van der Waals surface area contributed by atoms with Crippen molar-refractivity contribution in [2.75, 3.05) is 26.0 Å². The molecule has 0 spiro atoms. The van der Waals surface area contributed by atoms with E-state index in [9.17, 15) is 4.79 Å². The van der Waals surface area contributed by atoms with Gasteiger partial charge in [-0.3, -0.25) is 9.69 Å². The highest BCUT2D eigenvalue weighted by Crippen LogP contribution is 2.20. The Hall–Kier alpha value is -1.71. The van der Waals surface area contributed by atoms with Gasteiger partial charge in [0.2, 0.25) is 4.77 Å². The SMILES string of the molecule is COC(=O)[C@H]1CN(Cn2nnn(-c3ccccc3)c2=S)CCS1. The number of rotatable bonds is 4. The van der Waals surface area contributed by atoms with E-state index in [1.54, 1.807) is 21.1 Å². The van der Waals surface area contributed by atoms with Crippen molar-refractivity contribution in [2.24, 2.45) is 0 Å². The highest BCUT2D eigenvalue weighted by molar-refractivity contribution is 8.00. The van der Waals surface area contributed by atoms with Crippen LogP contribution in [-0.2, 0) is 16.2 Å². The van der Waals surface area contributed by atoms with E-state index < -0.39 is 0 Å². The fraction of sp³-hybridized carbons (Fsp3) is 0.429. The predicted molar refractivity (Wildman–Crippen MR) is 90.0 cm³/mol. The van der Waals surface area contributed by atoms with E-state index in [0.29, 0.717) is 18.0 Å². The van der Waals surface area contributed by atoms with Gasteiger partial charge in [-0.1, -0.05) is 18.2 Å². The van der Waals surface area contributed by atoms with E-state index in [4.69, 9.17) is 17.0 Å². The number of methoxy groups -OCH3 is 1. The van der Waals surface area contributed by atoms with Crippen molar-refractivity contribution >= 4 is 29.9 Å². The molecule has 0 aliphatic carbocycles. The third-order valence-corrected chi connectivity index (χ3v) is 5.13. The molecule has 2 heterocycles. The first kappa shape index (κ1) is 16.2. The van der Waals surface area contributed by atoms with Crippen LogP contribution in [-0.4, -0.2) is 61.9 Å². The van der Waals surface area contributed by atoms with E-state index in [-0.39, 0.29) is 11.2 Å². The van der Waals surface area contributed by atoms with E-state index in [1.807, 2.05) is 30.3 Å². The summed E-state index contributed by atoms with van der Waals surface area (Å²) in [7, 11) is 1.42. The molecule has 0 bridgehead atoms. The Bertz CT molecular complexity index is 730. The van der Waals surface area contributed by atoms with Gasteiger partial charge in [-0.15, -0.1) is 11.8 Å². The maximum atomic E-state index is 11.7. The predicted octanol–water partition coefficient (Wildman–Crippen LogP) is 1.35. The number of ether oxygens (including phenoxy) is 1. The number of hydrogen-bond donors (Lipinski definition) is 0. The third-order valence-electron chi connectivity index (χ3n) is 3.59. The summed E-state index contributed by atoms with van der Waals surface area (Å²) in [6, 6.07) is 9.66. The summed E-state index contributed by atoms with van der Waals surface area (Å²) in [6.45, 7) is 2.01. The van der Waals surface area contributed by atoms with Gasteiger partial charge in [0.25, 0.3) is 0 Å². The summed E-state index contributed by atoms with van der Waals surface area (Å²) in [4.78, 5) is 13.8. The third kappa shape index (κ3) is 3.62. The molecule has 2 aromatic rings. The summed E-state index contributed by atoms with van der Waals surface area (Å²) in [5.41, 5.74) is 0.880. The zero-order chi connectivity index (χ0) is 16.2. The van der Waals surface area contributed by atoms with Crippen molar-refractivity contribution in [2.45, 2.75) is 11.9 Å². The van der Waals surface area contributed by atoms with Crippen LogP contribution in [0.3, 0.4) is 0 Å². The van der Waals surface area contributed by atoms with Gasteiger partial charge in [-0.2, -0.15) is 4.68 Å². The van der Waals surface area contributed by atoms with Crippen LogP contribution in [0.1, 0.15) is 0 Å². The van der Waals surface area contributed by atoms with Crippen molar-refractivity contribution in [1.29, 1.82) is 0 Å². The molecular weight excluding hydrogens is 334 g/mol. The Morgan fingerprint density at radius 2 is 2.17 bits per heavy atom. The van der Waals surface area contributed by atoms with Crippen LogP contribution in [0, 0.1) is 4.77 Å². The van der Waals surface area contributed by atoms with Gasteiger partial charge in [-0.25, -0.2) is 4.68 Å². The summed E-state index contributed by atoms with van der Waals surface area (Å²) in [5, 5.41) is 8.10. The van der Waals surface area contributed by atoms with Gasteiger partial charge in [-0.05, 0) is 34.8 Å². The standard InChI is InChI=1S/C14H17N5O2S2/c1-21-13(20)12-9-17(7-8-23-12)10-18-14(22)19(16-15-18)11-5-3-2-4-6-11/h2-6,12H,7-10H2,1H3/t12-/m1/s1. The molecule has 0 amide bonds. The van der Waals surface area contributed by atoms with E-state index >= 15 is 0 Å². The Morgan fingerprint density at radius 1 is 1.39 bits per heavy atom. The van der Waals surface area contributed by atoms with Crippen molar-refractivity contribution < 1.29 is 9.53 Å². The Labute approximate surface area is 143 Å². The van der Waals surface area contributed by atoms with Crippen LogP contribution in [0.25, 0.3) is 5.69 Å². The smallest absolute Gasteiger partial charge is 0.320 e. The fourth-order valence-corrected chi connectivity index (χ4v) is 3.82.